The molecule has 4 nitrogen and oxygen atoms in total. The number of anilines is 1. The van der Waals surface area contributed by atoms with Crippen molar-refractivity contribution < 1.29 is 13.6 Å². The van der Waals surface area contributed by atoms with Crippen molar-refractivity contribution >= 4 is 36.4 Å². The monoisotopic (exact) mass is 407 g/mol. The van der Waals surface area contributed by atoms with Crippen molar-refractivity contribution in [2.75, 3.05) is 44.2 Å². The molecule has 1 saturated carbocycles. The highest BCUT2D eigenvalue weighted by atomic mass is 35.5. The first kappa shape index (κ1) is 21.2. The summed E-state index contributed by atoms with van der Waals surface area (Å²) in [5.41, 5.74) is 0.539. The second kappa shape index (κ2) is 8.28. The third kappa shape index (κ3) is 3.92. The van der Waals surface area contributed by atoms with Crippen molar-refractivity contribution in [2.24, 2.45) is 11.3 Å². The number of piperazine rings is 1. The van der Waals surface area contributed by atoms with Gasteiger partial charge in [-0.05, 0) is 49.9 Å². The summed E-state index contributed by atoms with van der Waals surface area (Å²) in [7, 11) is 0. The minimum absolute atomic E-state index is 0. The second-order valence-electron chi connectivity index (χ2n) is 7.28. The number of rotatable bonds is 2. The topological polar surface area (TPSA) is 35.6 Å². The van der Waals surface area contributed by atoms with Crippen LogP contribution >= 0.6 is 24.8 Å². The van der Waals surface area contributed by atoms with Gasteiger partial charge in [0.25, 0.3) is 0 Å². The number of nitrogens with zero attached hydrogens (tertiary/aromatic N) is 2. The maximum Gasteiger partial charge on any atom is 0.226 e. The Morgan fingerprint density at radius 3 is 2.38 bits per heavy atom. The fraction of sp³-hybridized carbons (Fsp3) is 0.611. The van der Waals surface area contributed by atoms with E-state index in [1.165, 1.54) is 6.07 Å². The first-order valence-corrected chi connectivity index (χ1v) is 8.79. The van der Waals surface area contributed by atoms with Crippen LogP contribution in [0.25, 0.3) is 0 Å². The average molecular weight is 408 g/mol. The van der Waals surface area contributed by atoms with Gasteiger partial charge in [0.05, 0.1) is 5.69 Å². The molecule has 1 aromatic carbocycles. The van der Waals surface area contributed by atoms with E-state index in [0.717, 1.165) is 44.5 Å². The lowest BCUT2D eigenvalue weighted by Gasteiger charge is -2.37. The third-order valence-corrected chi connectivity index (χ3v) is 5.93. The van der Waals surface area contributed by atoms with Crippen LogP contribution in [0.1, 0.15) is 19.3 Å². The van der Waals surface area contributed by atoms with Gasteiger partial charge in [-0.3, -0.25) is 4.79 Å². The van der Waals surface area contributed by atoms with Gasteiger partial charge in [-0.2, -0.15) is 0 Å². The summed E-state index contributed by atoms with van der Waals surface area (Å²) in [6.07, 6.45) is 3.21. The summed E-state index contributed by atoms with van der Waals surface area (Å²) in [6, 6.07) is 3.52. The maximum atomic E-state index is 13.9. The highest BCUT2D eigenvalue weighted by Crippen LogP contribution is 2.59. The van der Waals surface area contributed by atoms with Gasteiger partial charge in [0.15, 0.2) is 0 Å². The summed E-state index contributed by atoms with van der Waals surface area (Å²) in [5, 5.41) is 3.36. The van der Waals surface area contributed by atoms with Gasteiger partial charge in [-0.1, -0.05) is 0 Å². The largest absolute Gasteiger partial charge is 0.366 e. The van der Waals surface area contributed by atoms with Crippen LogP contribution < -0.4 is 10.2 Å². The lowest BCUT2D eigenvalue weighted by Crippen LogP contribution is -2.50. The van der Waals surface area contributed by atoms with Gasteiger partial charge in [-0.15, -0.1) is 24.8 Å². The first-order chi connectivity index (χ1) is 11.6. The predicted octanol–water partition coefficient (Wildman–Crippen LogP) is 2.85. The van der Waals surface area contributed by atoms with E-state index < -0.39 is 11.6 Å². The molecule has 3 fully saturated rings. The number of hydrogen-bond donors (Lipinski definition) is 1. The van der Waals surface area contributed by atoms with E-state index in [9.17, 15) is 13.6 Å². The first-order valence-electron chi connectivity index (χ1n) is 8.79. The van der Waals surface area contributed by atoms with Crippen molar-refractivity contribution in [3.63, 3.8) is 0 Å². The number of piperidine rings is 1. The van der Waals surface area contributed by atoms with Crippen molar-refractivity contribution in [2.45, 2.75) is 19.3 Å². The molecule has 26 heavy (non-hydrogen) atoms. The standard InChI is InChI=1S/C18H23F2N3O.2ClH/c19-13-1-2-15(20)16(11-13)22-7-9-23(10-8-22)17(24)14-12-18(14)3-5-21-6-4-18;;/h1-2,11,14,21H,3-10,12H2;2*1H. The molecule has 2 heterocycles. The van der Waals surface area contributed by atoms with Crippen LogP contribution in [-0.4, -0.2) is 50.1 Å². The molecule has 1 atom stereocenters. The van der Waals surface area contributed by atoms with Crippen LogP contribution in [0.5, 0.6) is 0 Å². The lowest BCUT2D eigenvalue weighted by molar-refractivity contribution is -0.133. The van der Waals surface area contributed by atoms with Crippen LogP contribution in [0.15, 0.2) is 18.2 Å². The van der Waals surface area contributed by atoms with E-state index in [-0.39, 0.29) is 42.1 Å². The number of benzene rings is 1. The Kier molecular flexibility index (Phi) is 6.75. The Hall–Kier alpha value is -1.11. The maximum absolute atomic E-state index is 13.9. The van der Waals surface area contributed by atoms with Gasteiger partial charge in [0.2, 0.25) is 5.91 Å². The zero-order chi connectivity index (χ0) is 16.7. The van der Waals surface area contributed by atoms with E-state index in [2.05, 4.69) is 5.32 Å². The third-order valence-electron chi connectivity index (χ3n) is 5.93. The predicted molar refractivity (Wildman–Crippen MR) is 102 cm³/mol. The summed E-state index contributed by atoms with van der Waals surface area (Å²) >= 11 is 0. The molecule has 1 aliphatic carbocycles. The highest BCUT2D eigenvalue weighted by Gasteiger charge is 2.58. The molecule has 4 rings (SSSR count). The molecule has 146 valence electrons. The van der Waals surface area contributed by atoms with E-state index in [0.29, 0.717) is 31.9 Å². The molecule has 0 aromatic heterocycles. The second-order valence-corrected chi connectivity index (χ2v) is 7.28. The minimum Gasteiger partial charge on any atom is -0.366 e. The van der Waals surface area contributed by atoms with Gasteiger partial charge < -0.3 is 15.1 Å². The molecule has 1 N–H and O–H groups in total. The SMILES string of the molecule is Cl.Cl.O=C(C1CC12CCNCC2)N1CCN(c2cc(F)ccc2F)CC1. The fourth-order valence-corrected chi connectivity index (χ4v) is 4.29. The van der Waals surface area contributed by atoms with Crippen molar-refractivity contribution in [1.82, 2.24) is 10.2 Å². The summed E-state index contributed by atoms with van der Waals surface area (Å²) in [6.45, 7) is 4.28. The molecule has 8 heteroatoms. The molecule has 3 aliphatic rings. The van der Waals surface area contributed by atoms with Gasteiger partial charge >= 0.3 is 0 Å². The molecule has 1 amide bonds. The molecule has 1 spiro atoms. The number of carbonyl (C=O) groups excluding carboxylic acids is 1. The van der Waals surface area contributed by atoms with E-state index >= 15 is 0 Å². The molecule has 0 bridgehead atoms. The number of carbonyl (C=O) groups is 1. The number of amides is 1. The van der Waals surface area contributed by atoms with Crippen LogP contribution in [0, 0.1) is 23.0 Å². The average Bonchev–Trinajstić information content (AvgIpc) is 3.30. The quantitative estimate of drug-likeness (QED) is 0.818. The van der Waals surface area contributed by atoms with Crippen molar-refractivity contribution in [3.05, 3.63) is 29.8 Å². The Morgan fingerprint density at radius 2 is 1.73 bits per heavy atom. The number of hydrogen-bond acceptors (Lipinski definition) is 3. The molecule has 2 saturated heterocycles. The molecule has 1 aromatic rings. The number of halogens is 4. The molecular formula is C18H25Cl2F2N3O. The normalized spacial score (nSPS) is 23.8. The summed E-state index contributed by atoms with van der Waals surface area (Å²) in [5.74, 6) is -0.406. The lowest BCUT2D eigenvalue weighted by atomic mass is 9.91. The van der Waals surface area contributed by atoms with E-state index in [1.54, 1.807) is 0 Å². The Morgan fingerprint density at radius 1 is 1.08 bits per heavy atom. The Labute approximate surface area is 165 Å². The molecule has 1 unspecified atom stereocenters. The van der Waals surface area contributed by atoms with Gasteiger partial charge in [0.1, 0.15) is 11.6 Å². The summed E-state index contributed by atoms with van der Waals surface area (Å²) < 4.78 is 27.3. The van der Waals surface area contributed by atoms with Crippen LogP contribution in [0.2, 0.25) is 0 Å². The zero-order valence-corrected chi connectivity index (χ0v) is 16.2. The van der Waals surface area contributed by atoms with Crippen LogP contribution in [0.4, 0.5) is 14.5 Å². The van der Waals surface area contributed by atoms with E-state index in [4.69, 9.17) is 0 Å². The van der Waals surface area contributed by atoms with Crippen molar-refractivity contribution in [1.29, 1.82) is 0 Å². The fourth-order valence-electron chi connectivity index (χ4n) is 4.29. The Bertz CT molecular complexity index is 647. The highest BCUT2D eigenvalue weighted by molar-refractivity contribution is 5.85. The van der Waals surface area contributed by atoms with Crippen LogP contribution in [0.3, 0.4) is 0 Å². The smallest absolute Gasteiger partial charge is 0.226 e. The van der Waals surface area contributed by atoms with Crippen molar-refractivity contribution in [3.8, 4) is 0 Å². The van der Waals surface area contributed by atoms with Gasteiger partial charge in [0, 0.05) is 38.2 Å². The Balaban J connectivity index is 0.00000121. The number of nitrogens with one attached hydrogen (secondary N) is 1. The van der Waals surface area contributed by atoms with Crippen LogP contribution in [-0.2, 0) is 4.79 Å². The zero-order valence-electron chi connectivity index (χ0n) is 14.5. The van der Waals surface area contributed by atoms with E-state index in [1.807, 2.05) is 9.80 Å². The molecule has 0 radical (unpaired) electrons. The summed E-state index contributed by atoms with van der Waals surface area (Å²) in [4.78, 5) is 16.5. The molecular weight excluding hydrogens is 383 g/mol. The van der Waals surface area contributed by atoms with Gasteiger partial charge in [-0.25, -0.2) is 8.78 Å². The minimum atomic E-state index is -0.435. The molecule has 2 aliphatic heterocycles.